The van der Waals surface area contributed by atoms with E-state index in [2.05, 4.69) is 5.32 Å². The van der Waals surface area contributed by atoms with Gasteiger partial charge >= 0.3 is 0 Å². The molecule has 1 fully saturated rings. The summed E-state index contributed by atoms with van der Waals surface area (Å²) in [6, 6.07) is 11.8. The minimum atomic E-state index is -0.658. The fourth-order valence-corrected chi connectivity index (χ4v) is 2.62. The third-order valence-corrected chi connectivity index (χ3v) is 3.74. The molecule has 1 atom stereocenters. The average Bonchev–Trinajstić information content (AvgIpc) is 2.85. The van der Waals surface area contributed by atoms with E-state index in [9.17, 15) is 14.0 Å². The Morgan fingerprint density at radius 3 is 2.42 bits per heavy atom. The summed E-state index contributed by atoms with van der Waals surface area (Å²) in [6.07, 6.45) is 0.0589. The van der Waals surface area contributed by atoms with Crippen molar-refractivity contribution in [3.05, 3.63) is 54.3 Å². The third kappa shape index (κ3) is 3.22. The highest BCUT2D eigenvalue weighted by Crippen LogP contribution is 2.26. The number of hydrogen-bond acceptors (Lipinski definition) is 4. The highest BCUT2D eigenvalue weighted by molar-refractivity contribution is 6.23. The molecule has 24 heavy (non-hydrogen) atoms. The van der Waals surface area contributed by atoms with Crippen molar-refractivity contribution in [2.45, 2.75) is 19.4 Å². The molecule has 0 radical (unpaired) electrons. The second-order valence-corrected chi connectivity index (χ2v) is 5.40. The molecule has 0 bridgehead atoms. The lowest BCUT2D eigenvalue weighted by Crippen LogP contribution is -2.34. The molecule has 124 valence electrons. The Morgan fingerprint density at radius 2 is 1.79 bits per heavy atom. The van der Waals surface area contributed by atoms with Crippen molar-refractivity contribution < 1.29 is 18.7 Å². The molecule has 1 heterocycles. The first-order chi connectivity index (χ1) is 11.6. The summed E-state index contributed by atoms with van der Waals surface area (Å²) >= 11 is 0. The van der Waals surface area contributed by atoms with Gasteiger partial charge in [0.15, 0.2) is 0 Å². The van der Waals surface area contributed by atoms with Crippen molar-refractivity contribution in [1.29, 1.82) is 0 Å². The molecule has 3 rings (SSSR count). The molecule has 6 heteroatoms. The zero-order valence-corrected chi connectivity index (χ0v) is 13.2. The number of carbonyl (C=O) groups is 2. The van der Waals surface area contributed by atoms with Crippen molar-refractivity contribution >= 4 is 23.2 Å². The van der Waals surface area contributed by atoms with E-state index in [4.69, 9.17) is 4.74 Å². The average molecular weight is 328 g/mol. The molecule has 0 spiro atoms. The number of rotatable bonds is 5. The first kappa shape index (κ1) is 16.0. The standard InChI is InChI=1S/C18H17FN2O3/c1-2-24-15-9-7-14(8-10-15)21-17(22)11-16(18(21)23)20-13-5-3-12(19)4-6-13/h3-10,16,20H,2,11H2,1H3. The second kappa shape index (κ2) is 6.70. The van der Waals surface area contributed by atoms with Gasteiger partial charge < -0.3 is 10.1 Å². The molecule has 0 aromatic heterocycles. The van der Waals surface area contributed by atoms with Gasteiger partial charge in [0, 0.05) is 5.69 Å². The zero-order chi connectivity index (χ0) is 17.1. The topological polar surface area (TPSA) is 58.6 Å². The summed E-state index contributed by atoms with van der Waals surface area (Å²) in [6.45, 7) is 2.43. The Balaban J connectivity index is 1.74. The smallest absolute Gasteiger partial charge is 0.256 e. The van der Waals surface area contributed by atoms with E-state index >= 15 is 0 Å². The predicted octanol–water partition coefficient (Wildman–Crippen LogP) is 2.97. The summed E-state index contributed by atoms with van der Waals surface area (Å²) in [7, 11) is 0. The number of hydrogen-bond donors (Lipinski definition) is 1. The summed E-state index contributed by atoms with van der Waals surface area (Å²) in [4.78, 5) is 25.9. The van der Waals surface area contributed by atoms with Gasteiger partial charge in [0.05, 0.1) is 18.7 Å². The van der Waals surface area contributed by atoms with Crippen molar-refractivity contribution in [2.75, 3.05) is 16.8 Å². The summed E-state index contributed by atoms with van der Waals surface area (Å²) < 4.78 is 18.3. The molecule has 0 saturated carbocycles. The Labute approximate surface area is 139 Å². The van der Waals surface area contributed by atoms with Gasteiger partial charge in [-0.05, 0) is 55.5 Å². The normalized spacial score (nSPS) is 17.2. The third-order valence-electron chi connectivity index (χ3n) is 3.74. The second-order valence-electron chi connectivity index (χ2n) is 5.40. The van der Waals surface area contributed by atoms with Crippen LogP contribution in [-0.4, -0.2) is 24.5 Å². The predicted molar refractivity (Wildman–Crippen MR) is 88.5 cm³/mol. The number of imide groups is 1. The lowest BCUT2D eigenvalue weighted by atomic mass is 10.2. The number of ether oxygens (including phenoxy) is 1. The van der Waals surface area contributed by atoms with Gasteiger partial charge in [-0.3, -0.25) is 9.59 Å². The van der Waals surface area contributed by atoms with E-state index in [0.29, 0.717) is 23.7 Å². The first-order valence-corrected chi connectivity index (χ1v) is 7.70. The number of carbonyl (C=O) groups excluding carboxylic acids is 2. The van der Waals surface area contributed by atoms with Crippen LogP contribution < -0.4 is 15.0 Å². The van der Waals surface area contributed by atoms with Gasteiger partial charge in [-0.15, -0.1) is 0 Å². The van der Waals surface area contributed by atoms with Crippen LogP contribution in [0.5, 0.6) is 5.75 Å². The zero-order valence-electron chi connectivity index (χ0n) is 13.2. The number of nitrogens with one attached hydrogen (secondary N) is 1. The highest BCUT2D eigenvalue weighted by Gasteiger charge is 2.39. The van der Waals surface area contributed by atoms with Gasteiger partial charge in [-0.1, -0.05) is 0 Å². The van der Waals surface area contributed by atoms with Crippen LogP contribution in [0.2, 0.25) is 0 Å². The maximum absolute atomic E-state index is 12.9. The molecular weight excluding hydrogens is 311 g/mol. The van der Waals surface area contributed by atoms with Crippen molar-refractivity contribution in [2.24, 2.45) is 0 Å². The van der Waals surface area contributed by atoms with Crippen LogP contribution >= 0.6 is 0 Å². The SMILES string of the molecule is CCOc1ccc(N2C(=O)CC(Nc3ccc(F)cc3)C2=O)cc1. The summed E-state index contributed by atoms with van der Waals surface area (Å²) in [5.41, 5.74) is 1.10. The maximum atomic E-state index is 12.9. The Morgan fingerprint density at radius 1 is 1.12 bits per heavy atom. The van der Waals surface area contributed by atoms with Crippen molar-refractivity contribution in [3.8, 4) is 5.75 Å². The minimum Gasteiger partial charge on any atom is -0.494 e. The van der Waals surface area contributed by atoms with E-state index in [1.807, 2.05) is 6.92 Å². The van der Waals surface area contributed by atoms with E-state index in [-0.39, 0.29) is 24.1 Å². The number of benzene rings is 2. The molecular formula is C18H17FN2O3. The summed E-state index contributed by atoms with van der Waals surface area (Å²) in [5.74, 6) is -0.274. The van der Waals surface area contributed by atoms with Gasteiger partial charge in [-0.25, -0.2) is 9.29 Å². The van der Waals surface area contributed by atoms with Crippen molar-refractivity contribution in [1.82, 2.24) is 0 Å². The number of nitrogens with zero attached hydrogens (tertiary/aromatic N) is 1. The molecule has 1 aliphatic heterocycles. The fourth-order valence-electron chi connectivity index (χ4n) is 2.62. The Kier molecular flexibility index (Phi) is 4.46. The van der Waals surface area contributed by atoms with Gasteiger partial charge in [0.25, 0.3) is 5.91 Å². The van der Waals surface area contributed by atoms with Gasteiger partial charge in [0.1, 0.15) is 17.6 Å². The lowest BCUT2D eigenvalue weighted by molar-refractivity contribution is -0.121. The largest absolute Gasteiger partial charge is 0.494 e. The molecule has 1 saturated heterocycles. The molecule has 1 aliphatic rings. The highest BCUT2D eigenvalue weighted by atomic mass is 19.1. The molecule has 5 nitrogen and oxygen atoms in total. The van der Waals surface area contributed by atoms with Crippen LogP contribution in [0.4, 0.5) is 15.8 Å². The maximum Gasteiger partial charge on any atom is 0.256 e. The molecule has 2 aromatic carbocycles. The van der Waals surface area contributed by atoms with Crippen LogP contribution in [0.1, 0.15) is 13.3 Å². The molecule has 1 unspecified atom stereocenters. The van der Waals surface area contributed by atoms with Crippen molar-refractivity contribution in [3.63, 3.8) is 0 Å². The van der Waals surface area contributed by atoms with Crippen LogP contribution in [0.25, 0.3) is 0 Å². The molecule has 0 aliphatic carbocycles. The Hall–Kier alpha value is -2.89. The molecule has 2 amide bonds. The van der Waals surface area contributed by atoms with Crippen LogP contribution in [0.3, 0.4) is 0 Å². The van der Waals surface area contributed by atoms with E-state index in [1.54, 1.807) is 24.3 Å². The van der Waals surface area contributed by atoms with E-state index in [0.717, 1.165) is 4.90 Å². The Bertz CT molecular complexity index is 744. The molecule has 2 aromatic rings. The lowest BCUT2D eigenvalue weighted by Gasteiger charge is -2.16. The van der Waals surface area contributed by atoms with E-state index in [1.165, 1.54) is 24.3 Å². The fraction of sp³-hybridized carbons (Fsp3) is 0.222. The number of halogens is 1. The van der Waals surface area contributed by atoms with E-state index < -0.39 is 6.04 Å². The minimum absolute atomic E-state index is 0.0589. The first-order valence-electron chi connectivity index (χ1n) is 7.70. The van der Waals surface area contributed by atoms with Crippen LogP contribution in [0, 0.1) is 5.82 Å². The van der Waals surface area contributed by atoms with Gasteiger partial charge in [-0.2, -0.15) is 0 Å². The quantitative estimate of drug-likeness (QED) is 0.857. The molecule has 1 N–H and O–H groups in total. The van der Waals surface area contributed by atoms with Crippen LogP contribution in [-0.2, 0) is 9.59 Å². The van der Waals surface area contributed by atoms with Crippen LogP contribution in [0.15, 0.2) is 48.5 Å². The summed E-state index contributed by atoms with van der Waals surface area (Å²) in [5, 5.41) is 2.98. The number of anilines is 2. The number of amides is 2. The van der Waals surface area contributed by atoms with Gasteiger partial charge in [0.2, 0.25) is 5.91 Å². The monoisotopic (exact) mass is 328 g/mol.